The molecule has 5 heteroatoms. The molecule has 0 bridgehead atoms. The van der Waals surface area contributed by atoms with Gasteiger partial charge in [-0.3, -0.25) is 0 Å². The van der Waals surface area contributed by atoms with Crippen LogP contribution in [-0.2, 0) is 14.4 Å². The normalized spacial score (nSPS) is 10.4. The van der Waals surface area contributed by atoms with Crippen molar-refractivity contribution in [2.45, 2.75) is 19.8 Å². The highest BCUT2D eigenvalue weighted by molar-refractivity contribution is 6.42. The summed E-state index contributed by atoms with van der Waals surface area (Å²) >= 11 is 0. The van der Waals surface area contributed by atoms with Gasteiger partial charge in [0.05, 0.1) is 7.11 Å². The van der Waals surface area contributed by atoms with E-state index in [1.807, 2.05) is 6.92 Å². The summed E-state index contributed by atoms with van der Waals surface area (Å²) in [7, 11) is 1.18. The van der Waals surface area contributed by atoms with Crippen molar-refractivity contribution in [1.82, 2.24) is 0 Å². The second-order valence-electron chi connectivity index (χ2n) is 2.23. The first-order chi connectivity index (χ1) is 6.26. The minimum Gasteiger partial charge on any atom is -0.464 e. The van der Waals surface area contributed by atoms with Gasteiger partial charge in [0.15, 0.2) is 0 Å². The summed E-state index contributed by atoms with van der Waals surface area (Å²) in [5, 5.41) is 11.8. The Balaban J connectivity index is 3.95. The molecule has 0 aromatic heterocycles. The molecule has 5 nitrogen and oxygen atoms in total. The van der Waals surface area contributed by atoms with Crippen LogP contribution in [0.1, 0.15) is 19.8 Å². The third-order valence-corrected chi connectivity index (χ3v) is 1.23. The number of ether oxygens (including phenoxy) is 1. The Morgan fingerprint density at radius 1 is 1.62 bits per heavy atom. The average Bonchev–Trinajstić information content (AvgIpc) is 2.17. The number of nitriles is 1. The van der Waals surface area contributed by atoms with Gasteiger partial charge in [-0.2, -0.15) is 5.26 Å². The van der Waals surface area contributed by atoms with Crippen molar-refractivity contribution in [2.24, 2.45) is 5.16 Å². The standard InChI is InChI=1S/C8H12N2O3/c1-3-4-5-13-10-7(6-9)8(11)12-2/h3-5H2,1-2H3/b10-7-. The van der Waals surface area contributed by atoms with Gasteiger partial charge in [0.1, 0.15) is 12.7 Å². The first-order valence-electron chi connectivity index (χ1n) is 3.94. The molecule has 0 rings (SSSR count). The first kappa shape index (κ1) is 11.4. The molecule has 0 saturated carbocycles. The molecule has 0 atom stereocenters. The molecule has 0 unspecified atom stereocenters. The summed E-state index contributed by atoms with van der Waals surface area (Å²) < 4.78 is 4.29. The quantitative estimate of drug-likeness (QED) is 0.275. The molecule has 0 aliphatic rings. The molecule has 0 N–H and O–H groups in total. The van der Waals surface area contributed by atoms with Gasteiger partial charge in [0, 0.05) is 0 Å². The molecule has 0 aromatic rings. The summed E-state index contributed by atoms with van der Waals surface area (Å²) in [6.07, 6.45) is 1.80. The molecule has 0 heterocycles. The Labute approximate surface area is 76.9 Å². The summed E-state index contributed by atoms with van der Waals surface area (Å²) in [6, 6.07) is 1.58. The molecule has 13 heavy (non-hydrogen) atoms. The van der Waals surface area contributed by atoms with Crippen LogP contribution in [0.5, 0.6) is 0 Å². The van der Waals surface area contributed by atoms with Gasteiger partial charge in [0.2, 0.25) is 0 Å². The number of carbonyl (C=O) groups excluding carboxylic acids is 1. The Bertz CT molecular complexity index is 230. The van der Waals surface area contributed by atoms with Gasteiger partial charge in [-0.1, -0.05) is 18.5 Å². The lowest BCUT2D eigenvalue weighted by Gasteiger charge is -1.97. The zero-order valence-corrected chi connectivity index (χ0v) is 7.74. The van der Waals surface area contributed by atoms with Gasteiger partial charge >= 0.3 is 5.97 Å². The van der Waals surface area contributed by atoms with E-state index >= 15 is 0 Å². The van der Waals surface area contributed by atoms with E-state index in [4.69, 9.17) is 10.1 Å². The lowest BCUT2D eigenvalue weighted by Crippen LogP contribution is -2.14. The van der Waals surface area contributed by atoms with Gasteiger partial charge in [0.25, 0.3) is 5.71 Å². The van der Waals surface area contributed by atoms with Crippen LogP contribution < -0.4 is 0 Å². The maximum Gasteiger partial charge on any atom is 0.371 e. The first-order valence-corrected chi connectivity index (χ1v) is 3.94. The lowest BCUT2D eigenvalue weighted by atomic mass is 10.4. The van der Waals surface area contributed by atoms with Crippen molar-refractivity contribution >= 4 is 11.7 Å². The van der Waals surface area contributed by atoms with Crippen LogP contribution in [0.25, 0.3) is 0 Å². The lowest BCUT2D eigenvalue weighted by molar-refractivity contribution is -0.132. The molecule has 0 fully saturated rings. The van der Waals surface area contributed by atoms with E-state index in [2.05, 4.69) is 9.89 Å². The fraction of sp³-hybridized carbons (Fsp3) is 0.625. The van der Waals surface area contributed by atoms with Crippen LogP contribution in [0, 0.1) is 11.3 Å². The third kappa shape index (κ3) is 4.80. The largest absolute Gasteiger partial charge is 0.464 e. The molecule has 0 aliphatic carbocycles. The average molecular weight is 184 g/mol. The second kappa shape index (κ2) is 7.10. The zero-order valence-electron chi connectivity index (χ0n) is 7.74. The summed E-state index contributed by atoms with van der Waals surface area (Å²) in [5.41, 5.74) is -0.362. The van der Waals surface area contributed by atoms with Crippen molar-refractivity contribution < 1.29 is 14.4 Å². The monoisotopic (exact) mass is 184 g/mol. The molecular formula is C8H12N2O3. The van der Waals surface area contributed by atoms with Crippen LogP contribution in [0.3, 0.4) is 0 Å². The van der Waals surface area contributed by atoms with Crippen LogP contribution in [-0.4, -0.2) is 25.4 Å². The fourth-order valence-electron chi connectivity index (χ4n) is 0.519. The Morgan fingerprint density at radius 2 is 2.31 bits per heavy atom. The number of rotatable bonds is 5. The van der Waals surface area contributed by atoms with E-state index < -0.39 is 5.97 Å². The smallest absolute Gasteiger partial charge is 0.371 e. The number of carbonyl (C=O) groups is 1. The van der Waals surface area contributed by atoms with E-state index in [1.54, 1.807) is 6.07 Å². The van der Waals surface area contributed by atoms with Crippen molar-refractivity contribution in [3.63, 3.8) is 0 Å². The number of nitrogens with zero attached hydrogens (tertiary/aromatic N) is 2. The van der Waals surface area contributed by atoms with E-state index in [1.165, 1.54) is 7.11 Å². The number of methoxy groups -OCH3 is 1. The molecule has 0 amide bonds. The summed E-state index contributed by atoms with van der Waals surface area (Å²) in [6.45, 7) is 2.40. The van der Waals surface area contributed by atoms with Crippen LogP contribution in [0.4, 0.5) is 0 Å². The van der Waals surface area contributed by atoms with Crippen molar-refractivity contribution in [2.75, 3.05) is 13.7 Å². The Kier molecular flexibility index (Phi) is 6.24. The van der Waals surface area contributed by atoms with E-state index in [0.29, 0.717) is 6.61 Å². The zero-order chi connectivity index (χ0) is 10.1. The molecule has 0 radical (unpaired) electrons. The molecule has 0 aromatic carbocycles. The number of esters is 1. The minimum absolute atomic E-state index is 0.362. The van der Waals surface area contributed by atoms with Crippen molar-refractivity contribution in [3.05, 3.63) is 0 Å². The highest BCUT2D eigenvalue weighted by Gasteiger charge is 2.10. The van der Waals surface area contributed by atoms with Crippen molar-refractivity contribution in [3.8, 4) is 6.07 Å². The van der Waals surface area contributed by atoms with E-state index in [0.717, 1.165) is 12.8 Å². The van der Waals surface area contributed by atoms with E-state index in [9.17, 15) is 4.79 Å². The SMILES string of the molecule is CCCCO/N=C(/C#N)C(=O)OC. The van der Waals surface area contributed by atoms with Crippen LogP contribution in [0.2, 0.25) is 0 Å². The van der Waals surface area contributed by atoms with Gasteiger partial charge in [-0.25, -0.2) is 4.79 Å². The van der Waals surface area contributed by atoms with Gasteiger partial charge in [-0.05, 0) is 6.42 Å². The molecule has 0 aliphatic heterocycles. The van der Waals surface area contributed by atoms with Crippen molar-refractivity contribution in [1.29, 1.82) is 5.26 Å². The number of oxime groups is 1. The Hall–Kier alpha value is -1.57. The number of hydrogen-bond donors (Lipinski definition) is 0. The summed E-state index contributed by atoms with van der Waals surface area (Å²) in [4.78, 5) is 15.5. The predicted molar refractivity (Wildman–Crippen MR) is 45.9 cm³/mol. The molecule has 72 valence electrons. The maximum absolute atomic E-state index is 10.8. The van der Waals surface area contributed by atoms with E-state index in [-0.39, 0.29) is 5.71 Å². The fourth-order valence-corrected chi connectivity index (χ4v) is 0.519. The molecular weight excluding hydrogens is 172 g/mol. The Morgan fingerprint density at radius 3 is 2.77 bits per heavy atom. The molecule has 0 spiro atoms. The van der Waals surface area contributed by atoms with Crippen LogP contribution >= 0.6 is 0 Å². The maximum atomic E-state index is 10.8. The topological polar surface area (TPSA) is 71.7 Å². The number of hydrogen-bond acceptors (Lipinski definition) is 5. The molecule has 0 saturated heterocycles. The highest BCUT2D eigenvalue weighted by atomic mass is 16.6. The minimum atomic E-state index is -0.779. The van der Waals surface area contributed by atoms with Gasteiger partial charge in [-0.15, -0.1) is 0 Å². The number of unbranched alkanes of at least 4 members (excludes halogenated alkanes) is 1. The highest BCUT2D eigenvalue weighted by Crippen LogP contribution is 1.90. The van der Waals surface area contributed by atoms with Crippen LogP contribution in [0.15, 0.2) is 5.16 Å². The third-order valence-electron chi connectivity index (χ3n) is 1.23. The van der Waals surface area contributed by atoms with Gasteiger partial charge < -0.3 is 9.57 Å². The summed E-state index contributed by atoms with van der Waals surface area (Å²) in [5.74, 6) is -0.779. The predicted octanol–water partition coefficient (Wildman–Crippen LogP) is 0.856. The second-order valence-corrected chi connectivity index (χ2v) is 2.23.